The van der Waals surface area contributed by atoms with Crippen molar-refractivity contribution in [2.24, 2.45) is 5.92 Å². The van der Waals surface area contributed by atoms with Crippen LogP contribution in [0.3, 0.4) is 0 Å². The molecule has 0 radical (unpaired) electrons. The number of rotatable bonds is 2. The van der Waals surface area contributed by atoms with E-state index in [0.29, 0.717) is 32.8 Å². The van der Waals surface area contributed by atoms with Gasteiger partial charge in [0.15, 0.2) is 0 Å². The van der Waals surface area contributed by atoms with E-state index in [1.807, 2.05) is 4.90 Å². The average molecular weight is 256 g/mol. The van der Waals surface area contributed by atoms with Crippen LogP contribution < -0.4 is 0 Å². The lowest BCUT2D eigenvalue weighted by atomic mass is 10.1. The summed E-state index contributed by atoms with van der Waals surface area (Å²) in [5.41, 5.74) is 0. The number of ether oxygens (including phenoxy) is 1. The van der Waals surface area contributed by atoms with Gasteiger partial charge in [0.2, 0.25) is 0 Å². The number of likely N-dealkylation sites (tertiary alicyclic amines) is 1. The maximum atomic E-state index is 12.2. The van der Waals surface area contributed by atoms with Gasteiger partial charge in [0, 0.05) is 39.2 Å². The third-order valence-corrected chi connectivity index (χ3v) is 3.51. The van der Waals surface area contributed by atoms with Crippen molar-refractivity contribution in [2.75, 3.05) is 39.4 Å². The molecule has 1 N–H and O–H groups in total. The predicted octanol–water partition coefficient (Wildman–Crippen LogP) is 0.625. The SMILES string of the molecule is O=C(O)CC1CCN(C(=O)N2CCCOCC2)C1. The molecule has 0 aromatic carbocycles. The molecule has 0 aromatic rings. The summed E-state index contributed by atoms with van der Waals surface area (Å²) >= 11 is 0. The second-order valence-electron chi connectivity index (χ2n) is 4.93. The molecule has 2 heterocycles. The Morgan fingerprint density at radius 1 is 1.17 bits per heavy atom. The van der Waals surface area contributed by atoms with Gasteiger partial charge in [0.25, 0.3) is 0 Å². The molecule has 0 aliphatic carbocycles. The monoisotopic (exact) mass is 256 g/mol. The second-order valence-corrected chi connectivity index (χ2v) is 4.93. The van der Waals surface area contributed by atoms with Crippen molar-refractivity contribution < 1.29 is 19.4 Å². The van der Waals surface area contributed by atoms with Gasteiger partial charge in [-0.2, -0.15) is 0 Å². The third-order valence-electron chi connectivity index (χ3n) is 3.51. The highest BCUT2D eigenvalue weighted by Crippen LogP contribution is 2.21. The van der Waals surface area contributed by atoms with Crippen LogP contribution in [-0.2, 0) is 9.53 Å². The Labute approximate surface area is 106 Å². The number of hydrogen-bond acceptors (Lipinski definition) is 3. The predicted molar refractivity (Wildman–Crippen MR) is 64.3 cm³/mol. The van der Waals surface area contributed by atoms with Gasteiger partial charge in [-0.15, -0.1) is 0 Å². The van der Waals surface area contributed by atoms with E-state index in [1.165, 1.54) is 0 Å². The number of aliphatic carboxylic acids is 1. The number of amides is 2. The van der Waals surface area contributed by atoms with Crippen molar-refractivity contribution in [1.29, 1.82) is 0 Å². The Balaban J connectivity index is 1.84. The molecule has 1 atom stereocenters. The summed E-state index contributed by atoms with van der Waals surface area (Å²) < 4.78 is 5.32. The van der Waals surface area contributed by atoms with Crippen molar-refractivity contribution in [3.8, 4) is 0 Å². The molecular weight excluding hydrogens is 236 g/mol. The smallest absolute Gasteiger partial charge is 0.320 e. The average Bonchev–Trinajstić information content (AvgIpc) is 2.63. The molecule has 2 rings (SSSR count). The van der Waals surface area contributed by atoms with Crippen molar-refractivity contribution in [3.05, 3.63) is 0 Å². The Morgan fingerprint density at radius 2 is 2.00 bits per heavy atom. The van der Waals surface area contributed by atoms with Gasteiger partial charge < -0.3 is 19.6 Å². The first-order valence-electron chi connectivity index (χ1n) is 6.50. The van der Waals surface area contributed by atoms with E-state index in [0.717, 1.165) is 19.4 Å². The minimum Gasteiger partial charge on any atom is -0.481 e. The topological polar surface area (TPSA) is 70.1 Å². The molecular formula is C12H20N2O4. The maximum Gasteiger partial charge on any atom is 0.320 e. The summed E-state index contributed by atoms with van der Waals surface area (Å²) in [5, 5.41) is 8.75. The number of nitrogens with zero attached hydrogens (tertiary/aromatic N) is 2. The van der Waals surface area contributed by atoms with E-state index in [-0.39, 0.29) is 18.4 Å². The zero-order chi connectivity index (χ0) is 13.0. The highest BCUT2D eigenvalue weighted by atomic mass is 16.5. The third kappa shape index (κ3) is 3.35. The van der Waals surface area contributed by atoms with E-state index < -0.39 is 5.97 Å². The highest BCUT2D eigenvalue weighted by molar-refractivity contribution is 5.75. The van der Waals surface area contributed by atoms with Gasteiger partial charge in [0.05, 0.1) is 6.61 Å². The first-order valence-corrected chi connectivity index (χ1v) is 6.50. The highest BCUT2D eigenvalue weighted by Gasteiger charge is 2.30. The van der Waals surface area contributed by atoms with E-state index in [2.05, 4.69) is 0 Å². The van der Waals surface area contributed by atoms with Gasteiger partial charge in [-0.05, 0) is 18.8 Å². The molecule has 18 heavy (non-hydrogen) atoms. The Hall–Kier alpha value is -1.30. The number of carbonyl (C=O) groups excluding carboxylic acids is 1. The molecule has 102 valence electrons. The van der Waals surface area contributed by atoms with E-state index in [1.54, 1.807) is 4.90 Å². The molecule has 0 saturated carbocycles. The van der Waals surface area contributed by atoms with Crippen LogP contribution in [0.2, 0.25) is 0 Å². The van der Waals surface area contributed by atoms with Crippen molar-refractivity contribution in [1.82, 2.24) is 9.80 Å². The largest absolute Gasteiger partial charge is 0.481 e. The summed E-state index contributed by atoms with van der Waals surface area (Å²) in [5.74, 6) is -0.674. The van der Waals surface area contributed by atoms with Gasteiger partial charge in [-0.3, -0.25) is 4.79 Å². The summed E-state index contributed by atoms with van der Waals surface area (Å²) in [6.07, 6.45) is 1.83. The fourth-order valence-electron chi connectivity index (χ4n) is 2.56. The standard InChI is InChI=1S/C12H20N2O4/c15-11(16)8-10-2-4-14(9-10)12(17)13-3-1-6-18-7-5-13/h10H,1-9H2,(H,15,16). The quantitative estimate of drug-likeness (QED) is 0.786. The van der Waals surface area contributed by atoms with Crippen molar-refractivity contribution in [3.63, 3.8) is 0 Å². The molecule has 0 spiro atoms. The molecule has 6 nitrogen and oxygen atoms in total. The molecule has 1 unspecified atom stereocenters. The number of urea groups is 1. The van der Waals surface area contributed by atoms with Crippen LogP contribution in [0.4, 0.5) is 4.79 Å². The number of hydrogen-bond donors (Lipinski definition) is 1. The summed E-state index contributed by atoms with van der Waals surface area (Å²) in [7, 11) is 0. The fourth-order valence-corrected chi connectivity index (χ4v) is 2.56. The lowest BCUT2D eigenvalue weighted by molar-refractivity contribution is -0.138. The van der Waals surface area contributed by atoms with Gasteiger partial charge in [0.1, 0.15) is 0 Å². The molecule has 2 aliphatic rings. The number of carboxylic acids is 1. The summed E-state index contributed by atoms with van der Waals surface area (Å²) in [6, 6.07) is 0.0355. The van der Waals surface area contributed by atoms with Crippen molar-refractivity contribution in [2.45, 2.75) is 19.3 Å². The zero-order valence-electron chi connectivity index (χ0n) is 10.5. The van der Waals surface area contributed by atoms with Crippen LogP contribution in [0.15, 0.2) is 0 Å². The Morgan fingerprint density at radius 3 is 2.78 bits per heavy atom. The molecule has 2 fully saturated rings. The second kappa shape index (κ2) is 6.04. The first-order chi connectivity index (χ1) is 8.66. The van der Waals surface area contributed by atoms with Gasteiger partial charge in [-0.1, -0.05) is 0 Å². The van der Waals surface area contributed by atoms with Crippen LogP contribution in [0.25, 0.3) is 0 Å². The minimum atomic E-state index is -0.780. The number of carbonyl (C=O) groups is 2. The van der Waals surface area contributed by atoms with E-state index in [9.17, 15) is 9.59 Å². The maximum absolute atomic E-state index is 12.2. The Bertz CT molecular complexity index is 313. The number of carboxylic acid groups (broad SMARTS) is 1. The van der Waals surface area contributed by atoms with E-state index >= 15 is 0 Å². The summed E-state index contributed by atoms with van der Waals surface area (Å²) in [4.78, 5) is 26.5. The van der Waals surface area contributed by atoms with Gasteiger partial charge >= 0.3 is 12.0 Å². The molecule has 0 aromatic heterocycles. The van der Waals surface area contributed by atoms with Crippen LogP contribution in [0, 0.1) is 5.92 Å². The van der Waals surface area contributed by atoms with Gasteiger partial charge in [-0.25, -0.2) is 4.79 Å². The fraction of sp³-hybridized carbons (Fsp3) is 0.833. The lowest BCUT2D eigenvalue weighted by Gasteiger charge is -2.26. The molecule has 2 amide bonds. The Kier molecular flexibility index (Phi) is 4.41. The van der Waals surface area contributed by atoms with Crippen LogP contribution in [0.1, 0.15) is 19.3 Å². The zero-order valence-corrected chi connectivity index (χ0v) is 10.5. The molecule has 2 saturated heterocycles. The van der Waals surface area contributed by atoms with Crippen molar-refractivity contribution >= 4 is 12.0 Å². The normalized spacial score (nSPS) is 25.0. The molecule has 2 aliphatic heterocycles. The van der Waals surface area contributed by atoms with Crippen LogP contribution >= 0.6 is 0 Å². The first kappa shape index (κ1) is 13.1. The van der Waals surface area contributed by atoms with Crippen LogP contribution in [0.5, 0.6) is 0 Å². The van der Waals surface area contributed by atoms with Crippen LogP contribution in [-0.4, -0.2) is 66.3 Å². The van der Waals surface area contributed by atoms with E-state index in [4.69, 9.17) is 9.84 Å². The lowest BCUT2D eigenvalue weighted by Crippen LogP contribution is -2.43. The summed E-state index contributed by atoms with van der Waals surface area (Å²) in [6.45, 7) is 3.93. The minimum absolute atomic E-state index is 0.0355. The molecule has 6 heteroatoms. The molecule has 0 bridgehead atoms.